The second-order valence-electron chi connectivity index (χ2n) is 7.57. The maximum Gasteiger partial charge on any atom is 0.158 e. The van der Waals surface area contributed by atoms with E-state index in [1.54, 1.807) is 0 Å². The molecule has 1 aromatic carbocycles. The van der Waals surface area contributed by atoms with Crippen LogP contribution in [0, 0.1) is 13.8 Å². The lowest BCUT2D eigenvalue weighted by atomic mass is 10.0. The van der Waals surface area contributed by atoms with E-state index in [0.717, 1.165) is 54.6 Å². The van der Waals surface area contributed by atoms with E-state index in [2.05, 4.69) is 30.0 Å². The lowest BCUT2D eigenvalue weighted by molar-refractivity contribution is -0.169. The van der Waals surface area contributed by atoms with Gasteiger partial charge in [-0.1, -0.05) is 0 Å². The Morgan fingerprint density at radius 2 is 2.07 bits per heavy atom. The van der Waals surface area contributed by atoms with Gasteiger partial charge in [-0.15, -0.1) is 12.4 Å². The van der Waals surface area contributed by atoms with Gasteiger partial charge in [0.25, 0.3) is 0 Å². The van der Waals surface area contributed by atoms with Crippen LogP contribution in [0.5, 0.6) is 0 Å². The molecule has 2 aromatic rings. The molecule has 2 aliphatic heterocycles. The van der Waals surface area contributed by atoms with Crippen molar-refractivity contribution in [3.05, 3.63) is 35.0 Å². The minimum Gasteiger partial charge on any atom is -0.391 e. The van der Waals surface area contributed by atoms with Crippen molar-refractivity contribution in [3.8, 4) is 0 Å². The molecule has 3 heterocycles. The zero-order chi connectivity index (χ0) is 18.1. The fourth-order valence-electron chi connectivity index (χ4n) is 3.94. The predicted molar refractivity (Wildman–Crippen MR) is 110 cm³/mol. The van der Waals surface area contributed by atoms with Gasteiger partial charge in [-0.2, -0.15) is 0 Å². The number of benzene rings is 1. The molecular formula is C21H29ClN2O3. The number of pyridine rings is 1. The number of halogens is 1. The standard InChI is InChI=1S/C21H28N2O3.ClH/c1-14-9-18-19(11-16(14)13-26-21-5-3-4-8-25-21)22-15(2)10-20(18)23-7-6-17(24)12-23;/h9-11,17,21,24H,3-8,12-13H2,1-2H3;1H/t17-,21?;/m0./s1. The molecule has 4 rings (SSSR count). The number of aliphatic hydroxyl groups is 1. The normalized spacial score (nSPS) is 22.9. The smallest absolute Gasteiger partial charge is 0.158 e. The molecule has 148 valence electrons. The summed E-state index contributed by atoms with van der Waals surface area (Å²) in [4.78, 5) is 7.02. The summed E-state index contributed by atoms with van der Waals surface area (Å²) < 4.78 is 11.7. The molecule has 0 radical (unpaired) electrons. The molecule has 1 unspecified atom stereocenters. The fraction of sp³-hybridized carbons (Fsp3) is 0.571. The Morgan fingerprint density at radius 1 is 1.22 bits per heavy atom. The highest BCUT2D eigenvalue weighted by molar-refractivity contribution is 5.93. The van der Waals surface area contributed by atoms with Crippen molar-refractivity contribution in [1.29, 1.82) is 0 Å². The van der Waals surface area contributed by atoms with Crippen molar-refractivity contribution in [3.63, 3.8) is 0 Å². The number of anilines is 1. The van der Waals surface area contributed by atoms with Crippen molar-refractivity contribution >= 4 is 29.0 Å². The number of aryl methyl sites for hydroxylation is 2. The minimum atomic E-state index is -0.234. The van der Waals surface area contributed by atoms with Crippen LogP contribution in [-0.2, 0) is 16.1 Å². The van der Waals surface area contributed by atoms with Gasteiger partial charge < -0.3 is 19.5 Å². The molecular weight excluding hydrogens is 364 g/mol. The molecule has 1 N–H and O–H groups in total. The number of aliphatic hydroxyl groups excluding tert-OH is 1. The molecule has 0 spiro atoms. The largest absolute Gasteiger partial charge is 0.391 e. The molecule has 0 amide bonds. The SMILES string of the molecule is Cc1cc(N2CC[C@H](O)C2)c2cc(C)c(COC3CCCCO3)cc2n1.Cl. The number of aromatic nitrogens is 1. The highest BCUT2D eigenvalue weighted by Crippen LogP contribution is 2.32. The average molecular weight is 393 g/mol. The molecule has 27 heavy (non-hydrogen) atoms. The highest BCUT2D eigenvalue weighted by atomic mass is 35.5. The van der Waals surface area contributed by atoms with Crippen LogP contribution in [0.2, 0.25) is 0 Å². The third kappa shape index (κ3) is 4.54. The average Bonchev–Trinajstić information content (AvgIpc) is 3.07. The Kier molecular flexibility index (Phi) is 6.58. The summed E-state index contributed by atoms with van der Waals surface area (Å²) in [5, 5.41) is 11.1. The van der Waals surface area contributed by atoms with Crippen molar-refractivity contribution in [2.24, 2.45) is 0 Å². The van der Waals surface area contributed by atoms with E-state index in [0.29, 0.717) is 13.2 Å². The number of nitrogens with zero attached hydrogens (tertiary/aromatic N) is 2. The van der Waals surface area contributed by atoms with Gasteiger partial charge in [-0.05, 0) is 68.9 Å². The molecule has 2 aliphatic rings. The van der Waals surface area contributed by atoms with E-state index < -0.39 is 0 Å². The van der Waals surface area contributed by atoms with Gasteiger partial charge >= 0.3 is 0 Å². The highest BCUT2D eigenvalue weighted by Gasteiger charge is 2.23. The van der Waals surface area contributed by atoms with Crippen molar-refractivity contribution in [2.75, 3.05) is 24.6 Å². The Bertz CT molecular complexity index is 793. The number of hydrogen-bond donors (Lipinski definition) is 1. The summed E-state index contributed by atoms with van der Waals surface area (Å²) in [7, 11) is 0. The van der Waals surface area contributed by atoms with Crippen LogP contribution in [0.15, 0.2) is 18.2 Å². The summed E-state index contributed by atoms with van der Waals surface area (Å²) in [6, 6.07) is 6.49. The van der Waals surface area contributed by atoms with Gasteiger partial charge in [0.2, 0.25) is 0 Å². The number of hydrogen-bond acceptors (Lipinski definition) is 5. The monoisotopic (exact) mass is 392 g/mol. The summed E-state index contributed by atoms with van der Waals surface area (Å²) in [6.07, 6.45) is 3.80. The summed E-state index contributed by atoms with van der Waals surface area (Å²) >= 11 is 0. The Labute approximate surface area is 167 Å². The van der Waals surface area contributed by atoms with E-state index in [1.807, 2.05) is 6.92 Å². The first kappa shape index (κ1) is 20.3. The van der Waals surface area contributed by atoms with Gasteiger partial charge in [0.1, 0.15) is 0 Å². The van der Waals surface area contributed by atoms with E-state index in [-0.39, 0.29) is 24.8 Å². The van der Waals surface area contributed by atoms with Crippen molar-refractivity contribution < 1.29 is 14.6 Å². The van der Waals surface area contributed by atoms with Gasteiger partial charge in [0.15, 0.2) is 6.29 Å². The van der Waals surface area contributed by atoms with E-state index in [9.17, 15) is 5.11 Å². The van der Waals surface area contributed by atoms with Crippen LogP contribution in [0.4, 0.5) is 5.69 Å². The molecule has 2 fully saturated rings. The first-order valence-electron chi connectivity index (χ1n) is 9.67. The van der Waals surface area contributed by atoms with Crippen LogP contribution in [0.3, 0.4) is 0 Å². The molecule has 6 heteroatoms. The van der Waals surface area contributed by atoms with Gasteiger partial charge in [0, 0.05) is 36.5 Å². The number of rotatable bonds is 4. The van der Waals surface area contributed by atoms with Crippen LogP contribution < -0.4 is 4.90 Å². The number of ether oxygens (including phenoxy) is 2. The second-order valence-corrected chi connectivity index (χ2v) is 7.57. The van der Waals surface area contributed by atoms with E-state index in [4.69, 9.17) is 14.5 Å². The second kappa shape index (κ2) is 8.74. The first-order valence-corrected chi connectivity index (χ1v) is 9.67. The zero-order valence-corrected chi connectivity index (χ0v) is 16.9. The molecule has 1 aromatic heterocycles. The van der Waals surface area contributed by atoms with Gasteiger partial charge in [-0.25, -0.2) is 0 Å². The maximum atomic E-state index is 9.91. The van der Waals surface area contributed by atoms with E-state index in [1.165, 1.54) is 17.7 Å². The summed E-state index contributed by atoms with van der Waals surface area (Å²) in [5.41, 5.74) is 5.54. The third-order valence-corrected chi connectivity index (χ3v) is 5.44. The molecule has 0 bridgehead atoms. The van der Waals surface area contributed by atoms with E-state index >= 15 is 0 Å². The number of β-amino-alcohol motifs (C(OH)–C–C–N with tert-alkyl or cyclic N) is 1. The zero-order valence-electron chi connectivity index (χ0n) is 16.1. The maximum absolute atomic E-state index is 9.91. The summed E-state index contributed by atoms with van der Waals surface area (Å²) in [5.74, 6) is 0. The van der Waals surface area contributed by atoms with Crippen molar-refractivity contribution in [1.82, 2.24) is 4.98 Å². The Balaban J connectivity index is 0.00000210. The first-order chi connectivity index (χ1) is 12.6. The molecule has 2 saturated heterocycles. The van der Waals surface area contributed by atoms with Crippen molar-refractivity contribution in [2.45, 2.75) is 58.5 Å². The molecule has 5 nitrogen and oxygen atoms in total. The van der Waals surface area contributed by atoms with Crippen LogP contribution >= 0.6 is 12.4 Å². The minimum absolute atomic E-state index is 0. The fourth-order valence-corrected chi connectivity index (χ4v) is 3.94. The van der Waals surface area contributed by atoms with Gasteiger partial charge in [-0.3, -0.25) is 4.98 Å². The lowest BCUT2D eigenvalue weighted by Gasteiger charge is -2.24. The third-order valence-electron chi connectivity index (χ3n) is 5.44. The predicted octanol–water partition coefficient (Wildman–Crippen LogP) is 3.89. The molecule has 0 aliphatic carbocycles. The van der Waals surface area contributed by atoms with Crippen LogP contribution in [-0.4, -0.2) is 42.2 Å². The lowest BCUT2D eigenvalue weighted by Crippen LogP contribution is -2.22. The molecule has 2 atom stereocenters. The van der Waals surface area contributed by atoms with Gasteiger partial charge in [0.05, 0.1) is 18.2 Å². The Hall–Kier alpha value is -1.40. The number of fused-ring (bicyclic) bond motifs is 1. The van der Waals surface area contributed by atoms with Crippen LogP contribution in [0.1, 0.15) is 42.5 Å². The molecule has 0 saturated carbocycles. The van der Waals surface area contributed by atoms with Crippen LogP contribution in [0.25, 0.3) is 10.9 Å². The summed E-state index contributed by atoms with van der Waals surface area (Å²) in [6.45, 7) is 7.10. The quantitative estimate of drug-likeness (QED) is 0.855. The topological polar surface area (TPSA) is 54.8 Å². The Morgan fingerprint density at radius 3 is 2.78 bits per heavy atom.